The molecule has 27 heavy (non-hydrogen) atoms. The van der Waals surface area contributed by atoms with Gasteiger partial charge in [0.2, 0.25) is 16.9 Å². The zero-order valence-corrected chi connectivity index (χ0v) is 16.4. The van der Waals surface area contributed by atoms with Gasteiger partial charge < -0.3 is 10.6 Å². The molecule has 0 saturated carbocycles. The second-order valence-electron chi connectivity index (χ2n) is 5.52. The number of carbonyl (C=O) groups excluding carboxylic acids is 2. The fraction of sp³-hybridized carbons (Fsp3) is 0.375. The first-order valence-corrected chi connectivity index (χ1v) is 10.0. The minimum Gasteiger partial charge on any atom is -0.325 e. The molecule has 0 atom stereocenters. The largest absolute Gasteiger partial charge is 0.325 e. The lowest BCUT2D eigenvalue weighted by atomic mass is 10.0. The van der Waals surface area contributed by atoms with Gasteiger partial charge in [-0.05, 0) is 25.0 Å². The van der Waals surface area contributed by atoms with E-state index in [0.29, 0.717) is 15.2 Å². The van der Waals surface area contributed by atoms with Crippen molar-refractivity contribution in [3.63, 3.8) is 0 Å². The molecule has 0 aliphatic rings. The van der Waals surface area contributed by atoms with Crippen molar-refractivity contribution >= 4 is 51.4 Å². The molecule has 0 unspecified atom stereocenters. The van der Waals surface area contributed by atoms with Gasteiger partial charge in [0.25, 0.3) is 5.69 Å². The molecule has 2 amide bonds. The van der Waals surface area contributed by atoms with Crippen LogP contribution in [0, 0.1) is 16.0 Å². The monoisotopic (exact) mass is 409 g/mol. The molecule has 144 valence electrons. The zero-order valence-electron chi connectivity index (χ0n) is 14.8. The first-order valence-electron chi connectivity index (χ1n) is 8.24. The Morgan fingerprint density at radius 1 is 1.19 bits per heavy atom. The van der Waals surface area contributed by atoms with E-state index in [1.807, 2.05) is 13.8 Å². The minimum absolute atomic E-state index is 0.0424. The van der Waals surface area contributed by atoms with Crippen molar-refractivity contribution in [2.24, 2.45) is 5.92 Å². The normalized spacial score (nSPS) is 10.6. The smallest absolute Gasteiger partial charge is 0.269 e. The average molecular weight is 409 g/mol. The lowest BCUT2D eigenvalue weighted by Gasteiger charge is -2.09. The standard InChI is InChI=1S/C16H19N5O4S2/c1-3-10(4-2)14(23)18-15-19-20-16(27-15)26-9-13(22)17-11-5-7-12(8-6-11)21(24)25/h5-8,10H,3-4,9H2,1-2H3,(H,17,22)(H,18,19,23). The molecule has 9 nitrogen and oxygen atoms in total. The molecule has 0 aliphatic carbocycles. The van der Waals surface area contributed by atoms with Crippen LogP contribution >= 0.6 is 23.1 Å². The Labute approximate surface area is 164 Å². The Hall–Kier alpha value is -2.53. The van der Waals surface area contributed by atoms with Crippen LogP contribution in [0.25, 0.3) is 0 Å². The highest BCUT2D eigenvalue weighted by atomic mass is 32.2. The van der Waals surface area contributed by atoms with E-state index in [4.69, 9.17) is 0 Å². The van der Waals surface area contributed by atoms with E-state index in [0.717, 1.165) is 12.8 Å². The van der Waals surface area contributed by atoms with E-state index >= 15 is 0 Å². The number of hydrogen-bond donors (Lipinski definition) is 2. The molecule has 2 aromatic rings. The molecule has 0 spiro atoms. The number of amides is 2. The Morgan fingerprint density at radius 3 is 2.44 bits per heavy atom. The summed E-state index contributed by atoms with van der Waals surface area (Å²) in [5.74, 6) is -0.306. The summed E-state index contributed by atoms with van der Waals surface area (Å²) in [4.78, 5) is 34.1. The second-order valence-corrected chi connectivity index (χ2v) is 7.72. The Kier molecular flexibility index (Phi) is 7.67. The van der Waals surface area contributed by atoms with E-state index < -0.39 is 4.92 Å². The van der Waals surface area contributed by atoms with Gasteiger partial charge in [-0.15, -0.1) is 10.2 Å². The number of carbonyl (C=O) groups is 2. The third kappa shape index (κ3) is 6.29. The van der Waals surface area contributed by atoms with E-state index in [1.54, 1.807) is 0 Å². The molecule has 2 N–H and O–H groups in total. The van der Waals surface area contributed by atoms with Gasteiger partial charge in [0.05, 0.1) is 10.7 Å². The number of hydrogen-bond acceptors (Lipinski definition) is 8. The Balaban J connectivity index is 1.82. The maximum Gasteiger partial charge on any atom is 0.269 e. The van der Waals surface area contributed by atoms with Crippen LogP contribution in [0.15, 0.2) is 28.6 Å². The van der Waals surface area contributed by atoms with Gasteiger partial charge in [0.15, 0.2) is 4.34 Å². The maximum absolute atomic E-state index is 12.0. The summed E-state index contributed by atoms with van der Waals surface area (Å²) in [7, 11) is 0. The van der Waals surface area contributed by atoms with Crippen LogP contribution in [-0.2, 0) is 9.59 Å². The second kappa shape index (κ2) is 9.97. The summed E-state index contributed by atoms with van der Waals surface area (Å²) in [5.41, 5.74) is 0.431. The van der Waals surface area contributed by atoms with Crippen molar-refractivity contribution in [3.05, 3.63) is 34.4 Å². The number of aromatic nitrogens is 2. The van der Waals surface area contributed by atoms with Gasteiger partial charge in [0, 0.05) is 23.7 Å². The van der Waals surface area contributed by atoms with Crippen LogP contribution in [0.3, 0.4) is 0 Å². The third-order valence-corrected chi connectivity index (χ3v) is 5.65. The molecule has 1 heterocycles. The Morgan fingerprint density at radius 2 is 1.85 bits per heavy atom. The average Bonchev–Trinajstić information content (AvgIpc) is 3.09. The van der Waals surface area contributed by atoms with Crippen LogP contribution in [-0.4, -0.2) is 32.7 Å². The lowest BCUT2D eigenvalue weighted by Crippen LogP contribution is -2.21. The summed E-state index contributed by atoms with van der Waals surface area (Å²) in [6.45, 7) is 3.91. The number of anilines is 2. The number of nitro groups is 1. The van der Waals surface area contributed by atoms with Crippen molar-refractivity contribution in [2.75, 3.05) is 16.4 Å². The van der Waals surface area contributed by atoms with Gasteiger partial charge >= 0.3 is 0 Å². The number of nitro benzene ring substituents is 1. The maximum atomic E-state index is 12.0. The van der Waals surface area contributed by atoms with Crippen molar-refractivity contribution in [1.82, 2.24) is 10.2 Å². The summed E-state index contributed by atoms with van der Waals surface area (Å²) in [5, 5.41) is 24.3. The van der Waals surface area contributed by atoms with Crippen LogP contribution in [0.4, 0.5) is 16.5 Å². The van der Waals surface area contributed by atoms with Gasteiger partial charge in [-0.25, -0.2) is 0 Å². The first kappa shape index (κ1) is 20.8. The zero-order chi connectivity index (χ0) is 19.8. The predicted octanol–water partition coefficient (Wildman–Crippen LogP) is 3.55. The van der Waals surface area contributed by atoms with Crippen molar-refractivity contribution in [3.8, 4) is 0 Å². The van der Waals surface area contributed by atoms with E-state index in [9.17, 15) is 19.7 Å². The SMILES string of the molecule is CCC(CC)C(=O)Nc1nnc(SCC(=O)Nc2ccc([N+](=O)[O-])cc2)s1. The van der Waals surface area contributed by atoms with E-state index in [-0.39, 0.29) is 29.2 Å². The molecule has 0 aliphatic heterocycles. The number of benzene rings is 1. The fourth-order valence-corrected chi connectivity index (χ4v) is 3.73. The van der Waals surface area contributed by atoms with Crippen molar-refractivity contribution < 1.29 is 14.5 Å². The first-order chi connectivity index (χ1) is 12.9. The summed E-state index contributed by atoms with van der Waals surface area (Å²) in [6, 6.07) is 5.58. The molecular formula is C16H19N5O4S2. The quantitative estimate of drug-likeness (QED) is 0.280. The molecule has 1 aromatic carbocycles. The van der Waals surface area contributed by atoms with E-state index in [2.05, 4.69) is 20.8 Å². The van der Waals surface area contributed by atoms with Crippen molar-refractivity contribution in [1.29, 1.82) is 0 Å². The molecule has 2 rings (SSSR count). The number of nitrogens with one attached hydrogen (secondary N) is 2. The van der Waals surface area contributed by atoms with Gasteiger partial charge in [-0.3, -0.25) is 19.7 Å². The molecule has 11 heteroatoms. The van der Waals surface area contributed by atoms with Crippen molar-refractivity contribution in [2.45, 2.75) is 31.0 Å². The molecule has 0 radical (unpaired) electrons. The number of nitrogens with zero attached hydrogens (tertiary/aromatic N) is 3. The van der Waals surface area contributed by atoms with Gasteiger partial charge in [0.1, 0.15) is 0 Å². The van der Waals surface area contributed by atoms with Gasteiger partial charge in [-0.2, -0.15) is 0 Å². The molecular weight excluding hydrogens is 390 g/mol. The fourth-order valence-electron chi connectivity index (χ4n) is 2.18. The van der Waals surface area contributed by atoms with Crippen LogP contribution in [0.1, 0.15) is 26.7 Å². The highest BCUT2D eigenvalue weighted by Gasteiger charge is 2.16. The highest BCUT2D eigenvalue weighted by Crippen LogP contribution is 2.26. The topological polar surface area (TPSA) is 127 Å². The number of rotatable bonds is 9. The summed E-state index contributed by atoms with van der Waals surface area (Å²) < 4.78 is 0.564. The molecule has 0 fully saturated rings. The number of non-ortho nitro benzene ring substituents is 1. The van der Waals surface area contributed by atoms with E-state index in [1.165, 1.54) is 47.4 Å². The molecule has 0 bridgehead atoms. The molecule has 1 aromatic heterocycles. The lowest BCUT2D eigenvalue weighted by molar-refractivity contribution is -0.384. The van der Waals surface area contributed by atoms with Gasteiger partial charge in [-0.1, -0.05) is 36.9 Å². The number of thioether (sulfide) groups is 1. The van der Waals surface area contributed by atoms with Crippen LogP contribution in [0.2, 0.25) is 0 Å². The molecule has 0 saturated heterocycles. The van der Waals surface area contributed by atoms with Crippen LogP contribution < -0.4 is 10.6 Å². The van der Waals surface area contributed by atoms with Crippen LogP contribution in [0.5, 0.6) is 0 Å². The summed E-state index contributed by atoms with van der Waals surface area (Å²) in [6.07, 6.45) is 1.51. The minimum atomic E-state index is -0.503. The predicted molar refractivity (Wildman–Crippen MR) is 105 cm³/mol. The Bertz CT molecular complexity index is 805. The summed E-state index contributed by atoms with van der Waals surface area (Å²) >= 11 is 2.40. The highest BCUT2D eigenvalue weighted by molar-refractivity contribution is 8.01. The third-order valence-electron chi connectivity index (χ3n) is 3.68.